The molecule has 2 aromatic carbocycles. The summed E-state index contributed by atoms with van der Waals surface area (Å²) in [4.78, 5) is 8.81. The number of rotatable bonds is 5. The fourth-order valence-electron chi connectivity index (χ4n) is 3.61. The van der Waals surface area contributed by atoms with Gasteiger partial charge in [-0.2, -0.15) is 5.10 Å². The molecule has 0 radical (unpaired) electrons. The lowest BCUT2D eigenvalue weighted by Crippen LogP contribution is -1.98. The molecule has 5 heteroatoms. The van der Waals surface area contributed by atoms with E-state index in [2.05, 4.69) is 56.6 Å². The SMILES string of the molecule is Cc1cc(-c2cn[nH]c2COc2ccc(-c3cccc4cccnc34)cc2)ccn1. The van der Waals surface area contributed by atoms with Gasteiger partial charge in [0.1, 0.15) is 12.4 Å². The van der Waals surface area contributed by atoms with Crippen LogP contribution in [-0.2, 0) is 6.61 Å². The fraction of sp³-hybridized carbons (Fsp3) is 0.0800. The standard InChI is InChI=1S/C25H20N4O/c1-17-14-20(11-13-26-17)23-15-28-29-24(23)16-30-21-9-7-18(8-10-21)22-6-2-4-19-5-3-12-27-25(19)22/h2-15H,16H2,1H3,(H,28,29). The van der Waals surface area contributed by atoms with E-state index in [1.165, 1.54) is 0 Å². The quantitative estimate of drug-likeness (QED) is 0.424. The molecule has 0 saturated heterocycles. The number of aryl methyl sites for hydroxylation is 1. The van der Waals surface area contributed by atoms with Crippen LogP contribution < -0.4 is 4.74 Å². The number of benzene rings is 2. The zero-order valence-corrected chi connectivity index (χ0v) is 16.5. The largest absolute Gasteiger partial charge is 0.487 e. The van der Waals surface area contributed by atoms with Gasteiger partial charge in [0.2, 0.25) is 0 Å². The van der Waals surface area contributed by atoms with Crippen molar-refractivity contribution in [2.24, 2.45) is 0 Å². The Morgan fingerprint density at radius 1 is 0.833 bits per heavy atom. The Morgan fingerprint density at radius 2 is 1.70 bits per heavy atom. The Labute approximate surface area is 174 Å². The molecule has 0 unspecified atom stereocenters. The maximum atomic E-state index is 6.02. The Bertz CT molecular complexity index is 1300. The minimum atomic E-state index is 0.409. The molecule has 0 fully saturated rings. The van der Waals surface area contributed by atoms with Crippen LogP contribution in [-0.4, -0.2) is 20.2 Å². The van der Waals surface area contributed by atoms with Crippen LogP contribution in [0.5, 0.6) is 5.75 Å². The van der Waals surface area contributed by atoms with Crippen LogP contribution >= 0.6 is 0 Å². The maximum absolute atomic E-state index is 6.02. The van der Waals surface area contributed by atoms with Crippen molar-refractivity contribution in [2.45, 2.75) is 13.5 Å². The Morgan fingerprint density at radius 3 is 2.57 bits per heavy atom. The highest BCUT2D eigenvalue weighted by molar-refractivity contribution is 5.93. The van der Waals surface area contributed by atoms with Crippen LogP contribution in [0.4, 0.5) is 0 Å². The minimum Gasteiger partial charge on any atom is -0.487 e. The molecule has 0 aliphatic heterocycles. The molecule has 1 N–H and O–H groups in total. The number of para-hydroxylation sites is 1. The Kier molecular flexibility index (Phi) is 4.69. The van der Waals surface area contributed by atoms with E-state index in [-0.39, 0.29) is 0 Å². The Balaban J connectivity index is 1.35. The van der Waals surface area contributed by atoms with E-state index in [9.17, 15) is 0 Å². The summed E-state index contributed by atoms with van der Waals surface area (Å²) >= 11 is 0. The van der Waals surface area contributed by atoms with Crippen LogP contribution in [0.1, 0.15) is 11.4 Å². The van der Waals surface area contributed by atoms with E-state index in [1.54, 1.807) is 0 Å². The van der Waals surface area contributed by atoms with E-state index in [0.29, 0.717) is 6.61 Å². The first-order chi connectivity index (χ1) is 14.8. The third-order valence-electron chi connectivity index (χ3n) is 5.11. The van der Waals surface area contributed by atoms with E-state index in [4.69, 9.17) is 4.74 Å². The number of aromatic nitrogens is 4. The average molecular weight is 392 g/mol. The second-order valence-corrected chi connectivity index (χ2v) is 7.14. The molecular formula is C25H20N4O. The number of H-pyrrole nitrogens is 1. The molecular weight excluding hydrogens is 372 g/mol. The summed E-state index contributed by atoms with van der Waals surface area (Å²) in [6.07, 6.45) is 5.46. The maximum Gasteiger partial charge on any atom is 0.130 e. The third-order valence-corrected chi connectivity index (χ3v) is 5.11. The normalized spacial score (nSPS) is 11.0. The summed E-state index contributed by atoms with van der Waals surface area (Å²) in [5.74, 6) is 0.804. The first-order valence-corrected chi connectivity index (χ1v) is 9.80. The first kappa shape index (κ1) is 18.1. The van der Waals surface area contributed by atoms with Crippen molar-refractivity contribution < 1.29 is 4.74 Å². The average Bonchev–Trinajstić information content (AvgIpc) is 3.26. The minimum absolute atomic E-state index is 0.409. The van der Waals surface area contributed by atoms with E-state index < -0.39 is 0 Å². The molecule has 5 nitrogen and oxygen atoms in total. The molecule has 0 amide bonds. The number of nitrogens with zero attached hydrogens (tertiary/aromatic N) is 3. The summed E-state index contributed by atoms with van der Waals surface area (Å²) in [5, 5.41) is 8.37. The van der Waals surface area contributed by atoms with Crippen molar-refractivity contribution >= 4 is 10.9 Å². The Hall–Kier alpha value is -3.99. The van der Waals surface area contributed by atoms with Crippen molar-refractivity contribution in [3.05, 3.63) is 96.7 Å². The van der Waals surface area contributed by atoms with Gasteiger partial charge in [-0.25, -0.2) is 0 Å². The second-order valence-electron chi connectivity index (χ2n) is 7.14. The number of hydrogen-bond donors (Lipinski definition) is 1. The van der Waals surface area contributed by atoms with Gasteiger partial charge in [-0.05, 0) is 48.4 Å². The summed E-state index contributed by atoms with van der Waals surface area (Å²) in [5.41, 5.74) is 7.24. The van der Waals surface area contributed by atoms with Gasteiger partial charge in [0.15, 0.2) is 0 Å². The predicted octanol–water partition coefficient (Wildman–Crippen LogP) is 5.57. The first-order valence-electron chi connectivity index (χ1n) is 9.80. The molecule has 0 aliphatic carbocycles. The zero-order chi connectivity index (χ0) is 20.3. The van der Waals surface area contributed by atoms with Crippen molar-refractivity contribution in [1.29, 1.82) is 0 Å². The zero-order valence-electron chi connectivity index (χ0n) is 16.5. The van der Waals surface area contributed by atoms with Gasteiger partial charge in [0, 0.05) is 34.6 Å². The van der Waals surface area contributed by atoms with Gasteiger partial charge >= 0.3 is 0 Å². The highest BCUT2D eigenvalue weighted by Gasteiger charge is 2.10. The highest BCUT2D eigenvalue weighted by Crippen LogP contribution is 2.29. The van der Waals surface area contributed by atoms with E-state index in [1.807, 2.05) is 55.8 Å². The highest BCUT2D eigenvalue weighted by atomic mass is 16.5. The van der Waals surface area contributed by atoms with Crippen LogP contribution in [0.3, 0.4) is 0 Å². The van der Waals surface area contributed by atoms with Crippen LogP contribution in [0.25, 0.3) is 33.2 Å². The number of nitrogens with one attached hydrogen (secondary N) is 1. The number of ether oxygens (including phenoxy) is 1. The van der Waals surface area contributed by atoms with Gasteiger partial charge in [-0.15, -0.1) is 0 Å². The molecule has 5 rings (SSSR count). The number of hydrogen-bond acceptors (Lipinski definition) is 4. The number of pyridine rings is 2. The van der Waals surface area contributed by atoms with E-state index in [0.717, 1.165) is 50.3 Å². The van der Waals surface area contributed by atoms with Crippen molar-refractivity contribution in [3.63, 3.8) is 0 Å². The molecule has 0 bridgehead atoms. The van der Waals surface area contributed by atoms with Gasteiger partial charge < -0.3 is 4.74 Å². The van der Waals surface area contributed by atoms with Crippen molar-refractivity contribution in [3.8, 4) is 28.0 Å². The summed E-state index contributed by atoms with van der Waals surface area (Å²) in [6, 6.07) is 22.4. The monoisotopic (exact) mass is 392 g/mol. The molecule has 0 saturated carbocycles. The van der Waals surface area contributed by atoms with Crippen molar-refractivity contribution in [1.82, 2.24) is 20.2 Å². The number of fused-ring (bicyclic) bond motifs is 1. The number of aromatic amines is 1. The lowest BCUT2D eigenvalue weighted by molar-refractivity contribution is 0.301. The summed E-state index contributed by atoms with van der Waals surface area (Å²) in [7, 11) is 0. The van der Waals surface area contributed by atoms with Crippen LogP contribution in [0, 0.1) is 6.92 Å². The molecule has 5 aromatic rings. The van der Waals surface area contributed by atoms with E-state index >= 15 is 0 Å². The van der Waals surface area contributed by atoms with Gasteiger partial charge in [0.05, 0.1) is 17.4 Å². The molecule has 3 aromatic heterocycles. The predicted molar refractivity (Wildman–Crippen MR) is 118 cm³/mol. The third kappa shape index (κ3) is 3.53. The molecule has 3 heterocycles. The summed E-state index contributed by atoms with van der Waals surface area (Å²) < 4.78 is 6.02. The second kappa shape index (κ2) is 7.79. The topological polar surface area (TPSA) is 63.7 Å². The molecule has 0 atom stereocenters. The fourth-order valence-corrected chi connectivity index (χ4v) is 3.61. The molecule has 0 spiro atoms. The molecule has 146 valence electrons. The van der Waals surface area contributed by atoms with Crippen LogP contribution in [0.15, 0.2) is 85.3 Å². The smallest absolute Gasteiger partial charge is 0.130 e. The lowest BCUT2D eigenvalue weighted by Gasteiger charge is -2.09. The molecule has 30 heavy (non-hydrogen) atoms. The van der Waals surface area contributed by atoms with Gasteiger partial charge in [-0.3, -0.25) is 15.1 Å². The van der Waals surface area contributed by atoms with Gasteiger partial charge in [0.25, 0.3) is 0 Å². The molecule has 0 aliphatic rings. The lowest BCUT2D eigenvalue weighted by atomic mass is 10.0. The van der Waals surface area contributed by atoms with Crippen LogP contribution in [0.2, 0.25) is 0 Å². The van der Waals surface area contributed by atoms with Gasteiger partial charge in [-0.1, -0.05) is 36.4 Å². The summed E-state index contributed by atoms with van der Waals surface area (Å²) in [6.45, 7) is 2.39. The van der Waals surface area contributed by atoms with Crippen molar-refractivity contribution in [2.75, 3.05) is 0 Å².